The molecule has 0 bridgehead atoms. The van der Waals surface area contributed by atoms with E-state index in [1.165, 1.54) is 0 Å². The van der Waals surface area contributed by atoms with Crippen LogP contribution in [0.15, 0.2) is 54.7 Å². The second kappa shape index (κ2) is 6.26. The molecule has 1 saturated heterocycles. The largest absolute Gasteiger partial charge is 0.480 e. The van der Waals surface area contributed by atoms with Crippen molar-refractivity contribution in [1.29, 1.82) is 0 Å². The summed E-state index contributed by atoms with van der Waals surface area (Å²) in [4.78, 5) is 14.1. The Bertz CT molecular complexity index is 1050. The molecule has 1 N–H and O–H groups in total. The van der Waals surface area contributed by atoms with E-state index in [4.69, 9.17) is 4.74 Å². The number of likely N-dealkylation sites (tertiary alicyclic amines) is 1. The van der Waals surface area contributed by atoms with Crippen LogP contribution >= 0.6 is 0 Å². The number of hydrogen-bond donors (Lipinski definition) is 1. The van der Waals surface area contributed by atoms with Crippen molar-refractivity contribution in [2.75, 3.05) is 13.1 Å². The van der Waals surface area contributed by atoms with Crippen LogP contribution in [0, 0.1) is 0 Å². The summed E-state index contributed by atoms with van der Waals surface area (Å²) in [5.74, 6) is 0.729. The fraction of sp³-hybridized carbons (Fsp3) is 0.318. The highest BCUT2D eigenvalue weighted by atomic mass is 19.1. The van der Waals surface area contributed by atoms with Gasteiger partial charge in [-0.05, 0) is 40.8 Å². The number of fused-ring (bicyclic) bond motifs is 2. The predicted molar refractivity (Wildman–Crippen MR) is 105 cm³/mol. The van der Waals surface area contributed by atoms with Gasteiger partial charge < -0.3 is 19.5 Å². The minimum Gasteiger partial charge on any atom is -0.480 e. The van der Waals surface area contributed by atoms with E-state index >= 15 is 0 Å². The summed E-state index contributed by atoms with van der Waals surface area (Å²) in [5.41, 5.74) is 2.17. The Morgan fingerprint density at radius 3 is 2.93 bits per heavy atom. The average molecular weight is 379 g/mol. The molecule has 3 heterocycles. The van der Waals surface area contributed by atoms with Crippen molar-refractivity contribution in [2.45, 2.75) is 24.7 Å². The first-order valence-electron chi connectivity index (χ1n) is 9.52. The molecule has 1 unspecified atom stereocenters. The van der Waals surface area contributed by atoms with Crippen molar-refractivity contribution in [1.82, 2.24) is 14.8 Å². The van der Waals surface area contributed by atoms with E-state index in [1.54, 1.807) is 4.90 Å². The van der Waals surface area contributed by atoms with E-state index in [0.29, 0.717) is 13.0 Å². The van der Waals surface area contributed by atoms with Crippen molar-refractivity contribution >= 4 is 16.9 Å². The number of para-hydroxylation sites is 1. The minimum absolute atomic E-state index is 0.187. The molecule has 1 spiro atoms. The normalized spacial score (nSPS) is 19.8. The van der Waals surface area contributed by atoms with Gasteiger partial charge in [-0.3, -0.25) is 0 Å². The first kappa shape index (κ1) is 17.1. The molecule has 28 heavy (non-hydrogen) atoms. The van der Waals surface area contributed by atoms with Gasteiger partial charge in [0.15, 0.2) is 5.60 Å². The lowest BCUT2D eigenvalue weighted by molar-refractivity contribution is -0.114. The Morgan fingerprint density at radius 2 is 2.07 bits per heavy atom. The van der Waals surface area contributed by atoms with Crippen LogP contribution in [-0.4, -0.2) is 40.4 Å². The monoisotopic (exact) mass is 379 g/mol. The number of carbonyl (C=O) groups is 1. The number of ether oxygens (including phenoxy) is 1. The molecular formula is C22H22FN3O2. The summed E-state index contributed by atoms with van der Waals surface area (Å²) in [6, 6.07) is 15.5. The van der Waals surface area contributed by atoms with Gasteiger partial charge in [-0.1, -0.05) is 24.3 Å². The molecule has 1 fully saturated rings. The molecule has 2 aliphatic heterocycles. The second-order valence-electron chi connectivity index (χ2n) is 7.78. The van der Waals surface area contributed by atoms with Gasteiger partial charge in [-0.25, -0.2) is 9.18 Å². The number of amides is 2. The number of hydrogen-bond acceptors (Lipinski definition) is 2. The van der Waals surface area contributed by atoms with Crippen molar-refractivity contribution < 1.29 is 13.9 Å². The highest BCUT2D eigenvalue weighted by molar-refractivity contribution is 5.81. The Labute approximate surface area is 162 Å². The topological polar surface area (TPSA) is 46.5 Å². The number of alkyl halides is 1. The Balaban J connectivity index is 1.21. The number of rotatable bonds is 2. The first-order valence-corrected chi connectivity index (χ1v) is 9.52. The lowest BCUT2D eigenvalue weighted by Crippen LogP contribution is -2.73. The Hall–Kier alpha value is -3.02. The molecule has 0 saturated carbocycles. The fourth-order valence-corrected chi connectivity index (χ4v) is 4.17. The zero-order valence-electron chi connectivity index (χ0n) is 15.7. The lowest BCUT2D eigenvalue weighted by atomic mass is 9.83. The molecule has 144 valence electrons. The summed E-state index contributed by atoms with van der Waals surface area (Å²) < 4.78 is 22.7. The third kappa shape index (κ3) is 2.71. The molecule has 3 aromatic rings. The molecule has 6 heteroatoms. The highest BCUT2D eigenvalue weighted by Crippen LogP contribution is 2.40. The molecule has 5 nitrogen and oxygen atoms in total. The van der Waals surface area contributed by atoms with Crippen LogP contribution in [0.3, 0.4) is 0 Å². The zero-order chi connectivity index (χ0) is 19.3. The maximum absolute atomic E-state index is 14.7. The fourth-order valence-electron chi connectivity index (χ4n) is 4.17. The van der Waals surface area contributed by atoms with Crippen molar-refractivity contribution in [3.8, 4) is 5.75 Å². The van der Waals surface area contributed by atoms with Gasteiger partial charge in [-0.15, -0.1) is 0 Å². The molecule has 1 aromatic heterocycles. The number of benzene rings is 2. The van der Waals surface area contributed by atoms with Crippen LogP contribution in [0.5, 0.6) is 5.75 Å². The zero-order valence-corrected chi connectivity index (χ0v) is 15.7. The third-order valence-electron chi connectivity index (χ3n) is 5.85. The predicted octanol–water partition coefficient (Wildman–Crippen LogP) is 3.42. The maximum atomic E-state index is 14.7. The second-order valence-corrected chi connectivity index (χ2v) is 7.78. The number of aryl methyl sites for hydroxylation is 1. The quantitative estimate of drug-likeness (QED) is 0.742. The summed E-state index contributed by atoms with van der Waals surface area (Å²) in [5, 5.41) is 4.08. The van der Waals surface area contributed by atoms with Gasteiger partial charge in [0.25, 0.3) is 0 Å². The maximum Gasteiger partial charge on any atom is 0.317 e. The van der Waals surface area contributed by atoms with E-state index in [1.807, 2.05) is 43.6 Å². The van der Waals surface area contributed by atoms with Crippen molar-refractivity contribution in [3.63, 3.8) is 0 Å². The average Bonchev–Trinajstić information content (AvgIpc) is 3.04. The van der Waals surface area contributed by atoms with Crippen LogP contribution in [0.2, 0.25) is 0 Å². The summed E-state index contributed by atoms with van der Waals surface area (Å²) in [7, 11) is 2.01. The summed E-state index contributed by atoms with van der Waals surface area (Å²) >= 11 is 0. The van der Waals surface area contributed by atoms with E-state index < -0.39 is 11.8 Å². The standard InChI is InChI=1S/C22H22FN3O2/c1-25-9-8-16-10-15(6-7-18(16)25)12-24-21(27)26-13-22(14-26)20(23)11-17-4-2-3-5-19(17)28-22/h2-10,20H,11-14H2,1H3,(H,24,27). The van der Waals surface area contributed by atoms with Gasteiger partial charge in [0.2, 0.25) is 0 Å². The third-order valence-corrected chi connectivity index (χ3v) is 5.85. The van der Waals surface area contributed by atoms with E-state index in [9.17, 15) is 9.18 Å². The van der Waals surface area contributed by atoms with Crippen LogP contribution in [0.25, 0.3) is 10.9 Å². The van der Waals surface area contributed by atoms with Crippen LogP contribution in [0.1, 0.15) is 11.1 Å². The molecule has 2 aromatic carbocycles. The van der Waals surface area contributed by atoms with Crippen LogP contribution < -0.4 is 10.1 Å². The van der Waals surface area contributed by atoms with Crippen LogP contribution in [0.4, 0.5) is 9.18 Å². The first-order chi connectivity index (χ1) is 13.5. The smallest absolute Gasteiger partial charge is 0.317 e. The number of aromatic nitrogens is 1. The SMILES string of the molecule is Cn1ccc2cc(CNC(=O)N3CC4(C3)Oc3ccccc3CC4F)ccc21. The highest BCUT2D eigenvalue weighted by Gasteiger charge is 2.55. The number of nitrogens with one attached hydrogen (secondary N) is 1. The molecule has 2 aliphatic rings. The molecular weight excluding hydrogens is 357 g/mol. The van der Waals surface area contributed by atoms with Gasteiger partial charge in [0.1, 0.15) is 11.9 Å². The van der Waals surface area contributed by atoms with Gasteiger partial charge in [0.05, 0.1) is 13.1 Å². The molecule has 2 amide bonds. The lowest BCUT2D eigenvalue weighted by Gasteiger charge is -2.52. The number of nitrogens with zero attached hydrogens (tertiary/aromatic N) is 2. The van der Waals surface area contributed by atoms with E-state index in [0.717, 1.165) is 27.8 Å². The van der Waals surface area contributed by atoms with E-state index in [2.05, 4.69) is 28.1 Å². The Morgan fingerprint density at radius 1 is 1.25 bits per heavy atom. The molecule has 0 aliphatic carbocycles. The number of carbonyl (C=O) groups excluding carboxylic acids is 1. The summed E-state index contributed by atoms with van der Waals surface area (Å²) in [6.07, 6.45) is 1.25. The molecule has 1 atom stereocenters. The van der Waals surface area contributed by atoms with Gasteiger partial charge in [0, 0.05) is 31.7 Å². The van der Waals surface area contributed by atoms with Gasteiger partial charge >= 0.3 is 6.03 Å². The number of urea groups is 1. The van der Waals surface area contributed by atoms with E-state index in [-0.39, 0.29) is 19.1 Å². The van der Waals surface area contributed by atoms with Crippen LogP contribution in [-0.2, 0) is 20.0 Å². The van der Waals surface area contributed by atoms with Crippen molar-refractivity contribution in [3.05, 3.63) is 65.9 Å². The Kier molecular flexibility index (Phi) is 3.82. The molecule has 0 radical (unpaired) electrons. The molecule has 5 rings (SSSR count). The number of halogens is 1. The summed E-state index contributed by atoms with van der Waals surface area (Å²) in [6.45, 7) is 0.980. The minimum atomic E-state index is -1.10. The van der Waals surface area contributed by atoms with Crippen molar-refractivity contribution in [2.24, 2.45) is 7.05 Å². The van der Waals surface area contributed by atoms with Gasteiger partial charge in [-0.2, -0.15) is 0 Å².